The smallest absolute Gasteiger partial charge is 0.113 e. The second-order valence-corrected chi connectivity index (χ2v) is 26.8. The lowest BCUT2D eigenvalue weighted by molar-refractivity contribution is 1.29. The van der Waals surface area contributed by atoms with Gasteiger partial charge in [-0.25, -0.2) is 0 Å². The highest BCUT2D eigenvalue weighted by Crippen LogP contribution is 2.45. The third-order valence-electron chi connectivity index (χ3n) is 13.9. The SMILES string of the molecule is C[Si]1(C)c2cc(N(c3ccccc3)c3ccc4ccccc4c3)ccc2-c2c1cc1c3c(cccc23)[Si](C)(C)c2cc(N(c3ccccc3)c3ccc4ccccc4c3)ccc2-1. The molecular formula is C58H46N2Si2. The summed E-state index contributed by atoms with van der Waals surface area (Å²) in [5.74, 6) is 0. The van der Waals surface area contributed by atoms with Crippen molar-refractivity contribution in [3.05, 3.63) is 206 Å². The summed E-state index contributed by atoms with van der Waals surface area (Å²) in [5, 5.41) is 14.0. The minimum atomic E-state index is -2.19. The Morgan fingerprint density at radius 1 is 0.290 bits per heavy atom. The zero-order valence-electron chi connectivity index (χ0n) is 35.5. The summed E-state index contributed by atoms with van der Waals surface area (Å²) in [6.45, 7) is 10.3. The first-order valence-electron chi connectivity index (χ1n) is 21.8. The zero-order chi connectivity index (χ0) is 41.7. The van der Waals surface area contributed by atoms with Gasteiger partial charge in [0.15, 0.2) is 0 Å². The molecule has 62 heavy (non-hydrogen) atoms. The maximum absolute atomic E-state index is 2.63. The maximum Gasteiger partial charge on any atom is 0.113 e. The zero-order valence-corrected chi connectivity index (χ0v) is 37.5. The van der Waals surface area contributed by atoms with Crippen LogP contribution in [-0.4, -0.2) is 16.1 Å². The van der Waals surface area contributed by atoms with E-state index in [0.29, 0.717) is 0 Å². The van der Waals surface area contributed by atoms with Crippen molar-refractivity contribution in [2.24, 2.45) is 0 Å². The Kier molecular flexibility index (Phi) is 8.18. The van der Waals surface area contributed by atoms with Crippen molar-refractivity contribution >= 4 is 103 Å². The van der Waals surface area contributed by atoms with Gasteiger partial charge < -0.3 is 9.80 Å². The van der Waals surface area contributed by atoms with Gasteiger partial charge in [-0.1, -0.05) is 160 Å². The highest BCUT2D eigenvalue weighted by Gasteiger charge is 2.43. The van der Waals surface area contributed by atoms with Crippen LogP contribution in [0.25, 0.3) is 54.6 Å². The molecule has 0 aliphatic carbocycles. The first-order valence-corrected chi connectivity index (χ1v) is 27.8. The number of benzene rings is 10. The van der Waals surface area contributed by atoms with E-state index in [9.17, 15) is 0 Å². The van der Waals surface area contributed by atoms with E-state index in [-0.39, 0.29) is 0 Å². The van der Waals surface area contributed by atoms with Crippen LogP contribution in [0.1, 0.15) is 0 Å². The van der Waals surface area contributed by atoms with Crippen molar-refractivity contribution in [3.63, 3.8) is 0 Å². The monoisotopic (exact) mass is 826 g/mol. The van der Waals surface area contributed by atoms with Crippen LogP contribution in [0.2, 0.25) is 26.2 Å². The minimum Gasteiger partial charge on any atom is -0.310 e. The van der Waals surface area contributed by atoms with Gasteiger partial charge in [0, 0.05) is 34.1 Å². The van der Waals surface area contributed by atoms with Gasteiger partial charge in [0.05, 0.1) is 0 Å². The quantitative estimate of drug-likeness (QED) is 0.154. The predicted octanol–water partition coefficient (Wildman–Crippen LogP) is 13.7. The number of hydrogen-bond donors (Lipinski definition) is 0. The number of para-hydroxylation sites is 2. The van der Waals surface area contributed by atoms with Crippen LogP contribution in [0.4, 0.5) is 34.1 Å². The van der Waals surface area contributed by atoms with E-state index in [2.05, 4.69) is 242 Å². The molecule has 2 aliphatic rings. The van der Waals surface area contributed by atoms with Gasteiger partial charge in [-0.3, -0.25) is 0 Å². The maximum atomic E-state index is 2.63. The molecule has 0 amide bonds. The Bertz CT molecular complexity index is 3430. The molecule has 0 spiro atoms. The fourth-order valence-electron chi connectivity index (χ4n) is 10.8. The molecule has 10 aromatic carbocycles. The molecule has 296 valence electrons. The van der Waals surface area contributed by atoms with Crippen LogP contribution in [0.15, 0.2) is 206 Å². The third-order valence-corrected chi connectivity index (χ3v) is 21.0. The normalized spacial score (nSPS) is 14.1. The first kappa shape index (κ1) is 36.8. The topological polar surface area (TPSA) is 6.48 Å². The highest BCUT2D eigenvalue weighted by atomic mass is 28.3. The van der Waals surface area contributed by atoms with Crippen molar-refractivity contribution in [3.8, 4) is 22.3 Å². The molecule has 0 bridgehead atoms. The summed E-state index contributed by atoms with van der Waals surface area (Å²) in [4.78, 5) is 4.88. The lowest BCUT2D eigenvalue weighted by Crippen LogP contribution is -2.56. The van der Waals surface area contributed by atoms with Crippen LogP contribution in [-0.2, 0) is 0 Å². The molecule has 2 aliphatic heterocycles. The molecule has 0 fully saturated rings. The van der Waals surface area contributed by atoms with Crippen molar-refractivity contribution in [2.75, 3.05) is 9.80 Å². The average Bonchev–Trinajstić information content (AvgIpc) is 3.54. The van der Waals surface area contributed by atoms with Gasteiger partial charge in [0.25, 0.3) is 0 Å². The summed E-state index contributed by atoms with van der Waals surface area (Å²) in [6, 6.07) is 77.3. The van der Waals surface area contributed by atoms with Crippen LogP contribution in [0.3, 0.4) is 0 Å². The number of fused-ring (bicyclic) bond motifs is 8. The Hall–Kier alpha value is -6.99. The highest BCUT2D eigenvalue weighted by molar-refractivity contribution is 7.05. The number of anilines is 6. The molecular weight excluding hydrogens is 781 g/mol. The second-order valence-electron chi connectivity index (χ2n) is 18.2. The van der Waals surface area contributed by atoms with Crippen molar-refractivity contribution in [1.29, 1.82) is 0 Å². The Morgan fingerprint density at radius 3 is 1.31 bits per heavy atom. The predicted molar refractivity (Wildman–Crippen MR) is 273 cm³/mol. The van der Waals surface area contributed by atoms with E-state index in [1.165, 1.54) is 92.9 Å². The molecule has 0 radical (unpaired) electrons. The molecule has 0 saturated carbocycles. The molecule has 0 unspecified atom stereocenters. The van der Waals surface area contributed by atoms with Gasteiger partial charge in [-0.15, -0.1) is 0 Å². The van der Waals surface area contributed by atoms with Crippen LogP contribution >= 0.6 is 0 Å². The molecule has 12 rings (SSSR count). The van der Waals surface area contributed by atoms with E-state index < -0.39 is 16.1 Å². The van der Waals surface area contributed by atoms with Crippen molar-refractivity contribution in [1.82, 2.24) is 0 Å². The van der Waals surface area contributed by atoms with E-state index in [0.717, 1.165) is 11.4 Å². The summed E-state index contributed by atoms with van der Waals surface area (Å²) in [5.41, 5.74) is 12.7. The molecule has 2 nitrogen and oxygen atoms in total. The summed E-state index contributed by atoms with van der Waals surface area (Å²) in [7, 11) is -4.37. The summed E-state index contributed by atoms with van der Waals surface area (Å²) >= 11 is 0. The van der Waals surface area contributed by atoms with Crippen molar-refractivity contribution < 1.29 is 0 Å². The third kappa shape index (κ3) is 5.53. The van der Waals surface area contributed by atoms with E-state index in [1.807, 2.05) is 0 Å². The molecule has 0 saturated heterocycles. The largest absolute Gasteiger partial charge is 0.310 e. The standard InChI is InChI=1S/C58H46N2Si2/c1-61(2)53-25-15-24-51-57-50-33-31-48(60(44-22-9-6-10-23-44)46-29-27-40-17-12-14-19-42(40)35-46)37-55(50)62(3,4)56(57)38-52(58(51)53)49-32-30-47(36-54(49)61)59(43-20-7-5-8-21-43)45-28-26-39-16-11-13-18-41(39)34-45/h5-38H,1-4H3. The van der Waals surface area contributed by atoms with Crippen LogP contribution in [0, 0.1) is 0 Å². The molecule has 2 heterocycles. The van der Waals surface area contributed by atoms with Gasteiger partial charge in [0.1, 0.15) is 16.1 Å². The number of hydrogen-bond acceptors (Lipinski definition) is 2. The Morgan fingerprint density at radius 2 is 0.742 bits per heavy atom. The molecule has 10 aromatic rings. The lowest BCUT2D eigenvalue weighted by atomic mass is 9.91. The van der Waals surface area contributed by atoms with Gasteiger partial charge in [0.2, 0.25) is 0 Å². The number of nitrogens with zero attached hydrogens (tertiary/aromatic N) is 2. The Labute approximate surface area is 366 Å². The molecule has 0 aromatic heterocycles. The van der Waals surface area contributed by atoms with Gasteiger partial charge in [-0.05, 0) is 148 Å². The van der Waals surface area contributed by atoms with Crippen LogP contribution < -0.4 is 30.5 Å². The minimum absolute atomic E-state index is 1.16. The van der Waals surface area contributed by atoms with E-state index >= 15 is 0 Å². The van der Waals surface area contributed by atoms with Crippen molar-refractivity contribution in [2.45, 2.75) is 26.2 Å². The van der Waals surface area contributed by atoms with E-state index in [1.54, 1.807) is 5.19 Å². The fourth-order valence-corrected chi connectivity index (χ4v) is 17.0. The molecule has 4 heteroatoms. The van der Waals surface area contributed by atoms with E-state index in [4.69, 9.17) is 0 Å². The average molecular weight is 827 g/mol. The van der Waals surface area contributed by atoms with Gasteiger partial charge >= 0.3 is 0 Å². The Balaban J connectivity index is 1.02. The lowest BCUT2D eigenvalue weighted by Gasteiger charge is -2.36. The fraction of sp³-hybridized carbons (Fsp3) is 0.0690. The second kappa shape index (κ2) is 13.8. The number of rotatable bonds is 6. The summed E-state index contributed by atoms with van der Waals surface area (Å²) < 4.78 is 0. The first-order chi connectivity index (χ1) is 30.3. The van der Waals surface area contributed by atoms with Gasteiger partial charge in [-0.2, -0.15) is 0 Å². The summed E-state index contributed by atoms with van der Waals surface area (Å²) in [6.07, 6.45) is 0. The van der Waals surface area contributed by atoms with Crippen LogP contribution in [0.5, 0.6) is 0 Å². The molecule has 0 atom stereocenters. The molecule has 0 N–H and O–H groups in total.